The molecule has 1 aromatic rings. The van der Waals surface area contributed by atoms with E-state index in [1.165, 1.54) is 24.2 Å². The zero-order valence-electron chi connectivity index (χ0n) is 10.8. The van der Waals surface area contributed by atoms with E-state index in [2.05, 4.69) is 9.71 Å². The molecule has 2 nitrogen and oxygen atoms in total. The number of pyridine rings is 1. The van der Waals surface area contributed by atoms with Gasteiger partial charge in [-0.1, -0.05) is 11.9 Å². The van der Waals surface area contributed by atoms with Gasteiger partial charge in [0.15, 0.2) is 0 Å². The van der Waals surface area contributed by atoms with Gasteiger partial charge in [0.2, 0.25) is 0 Å². The van der Waals surface area contributed by atoms with Crippen molar-refractivity contribution in [2.75, 3.05) is 0 Å². The Kier molecular flexibility index (Phi) is 4.66. The average molecular weight is 278 g/mol. The summed E-state index contributed by atoms with van der Waals surface area (Å²) < 4.78 is 41.4. The molecule has 102 valence electrons. The Hall–Kier alpha value is -0.750. The molecule has 1 unspecified atom stereocenters. The molecule has 0 saturated carbocycles. The molecule has 0 aliphatic carbocycles. The Morgan fingerprint density at radius 2 is 1.89 bits per heavy atom. The largest absolute Gasteiger partial charge is 0.418 e. The molecular formula is C12H17F3N2S. The predicted molar refractivity (Wildman–Crippen MR) is 68.1 cm³/mol. The minimum Gasteiger partial charge on any atom is -0.264 e. The molecule has 0 fully saturated rings. The quantitative estimate of drug-likeness (QED) is 0.839. The van der Waals surface area contributed by atoms with E-state index in [-0.39, 0.29) is 10.3 Å². The summed E-state index contributed by atoms with van der Waals surface area (Å²) in [5.74, 6) is 0. The maximum Gasteiger partial charge on any atom is 0.418 e. The van der Waals surface area contributed by atoms with Crippen molar-refractivity contribution in [1.29, 1.82) is 0 Å². The molecule has 0 aliphatic rings. The van der Waals surface area contributed by atoms with Crippen LogP contribution < -0.4 is 4.72 Å². The van der Waals surface area contributed by atoms with E-state index in [1.54, 1.807) is 6.92 Å². The molecule has 0 radical (unpaired) electrons. The third kappa shape index (κ3) is 4.49. The van der Waals surface area contributed by atoms with Crippen LogP contribution in [0.5, 0.6) is 0 Å². The second-order valence-electron chi connectivity index (χ2n) is 5.01. The third-order valence-corrected chi connectivity index (χ3v) is 3.25. The number of nitrogens with one attached hydrogen (secondary N) is 1. The summed E-state index contributed by atoms with van der Waals surface area (Å²) >= 11 is 1.42. The smallest absolute Gasteiger partial charge is 0.264 e. The van der Waals surface area contributed by atoms with Gasteiger partial charge in [-0.2, -0.15) is 13.2 Å². The Bertz CT molecular complexity index is 399. The Morgan fingerprint density at radius 3 is 2.39 bits per heavy atom. The van der Waals surface area contributed by atoms with Gasteiger partial charge in [-0.25, -0.2) is 0 Å². The number of halogens is 3. The highest BCUT2D eigenvalue weighted by Crippen LogP contribution is 2.35. The van der Waals surface area contributed by atoms with Crippen molar-refractivity contribution >= 4 is 11.9 Å². The van der Waals surface area contributed by atoms with Crippen molar-refractivity contribution in [3.05, 3.63) is 29.6 Å². The number of hydrogen-bond donors (Lipinski definition) is 1. The van der Waals surface area contributed by atoms with Crippen molar-refractivity contribution in [2.24, 2.45) is 0 Å². The lowest BCUT2D eigenvalue weighted by molar-refractivity contribution is -0.138. The first-order chi connectivity index (χ1) is 8.11. The summed E-state index contributed by atoms with van der Waals surface area (Å²) in [7, 11) is 0. The lowest BCUT2D eigenvalue weighted by atomic mass is 10.0. The zero-order chi connectivity index (χ0) is 14.0. The van der Waals surface area contributed by atoms with E-state index in [4.69, 9.17) is 0 Å². The fourth-order valence-electron chi connectivity index (χ4n) is 1.35. The first-order valence-corrected chi connectivity index (χ1v) is 6.37. The number of nitrogens with zero attached hydrogens (tertiary/aromatic N) is 1. The van der Waals surface area contributed by atoms with Crippen molar-refractivity contribution in [2.45, 2.75) is 44.7 Å². The fourth-order valence-corrected chi connectivity index (χ4v) is 2.01. The topological polar surface area (TPSA) is 24.9 Å². The molecule has 0 bridgehead atoms. The first-order valence-electron chi connectivity index (χ1n) is 5.56. The van der Waals surface area contributed by atoms with E-state index >= 15 is 0 Å². The van der Waals surface area contributed by atoms with Gasteiger partial charge in [-0.05, 0) is 39.3 Å². The summed E-state index contributed by atoms with van der Waals surface area (Å²) in [6, 6.07) is 1.01. The van der Waals surface area contributed by atoms with Gasteiger partial charge in [-0.3, -0.25) is 9.71 Å². The molecule has 18 heavy (non-hydrogen) atoms. The van der Waals surface area contributed by atoms with Crippen molar-refractivity contribution < 1.29 is 13.2 Å². The molecule has 1 heterocycles. The molecule has 0 spiro atoms. The molecule has 1 atom stereocenters. The van der Waals surface area contributed by atoms with Crippen LogP contribution in [-0.2, 0) is 6.18 Å². The normalized spacial score (nSPS) is 14.6. The Balaban J connectivity index is 2.89. The highest BCUT2D eigenvalue weighted by Gasteiger charge is 2.34. The maximum absolute atomic E-state index is 12.8. The van der Waals surface area contributed by atoms with Crippen LogP contribution in [0.3, 0.4) is 0 Å². The maximum atomic E-state index is 12.8. The van der Waals surface area contributed by atoms with Crippen molar-refractivity contribution in [3.63, 3.8) is 0 Å². The van der Waals surface area contributed by atoms with E-state index in [0.717, 1.165) is 6.20 Å². The average Bonchev–Trinajstić information content (AvgIpc) is 2.24. The number of aromatic nitrogens is 1. The molecule has 0 aliphatic heterocycles. The van der Waals surface area contributed by atoms with Crippen LogP contribution in [0.1, 0.15) is 44.9 Å². The fraction of sp³-hybridized carbons (Fsp3) is 0.583. The highest BCUT2D eigenvalue weighted by molar-refractivity contribution is 7.98. The van der Waals surface area contributed by atoms with Crippen LogP contribution in [-0.4, -0.2) is 9.73 Å². The standard InChI is InChI=1S/C12H17F3N2S/c1-8(17-18-11(2,3)4)9-5-6-16-7-10(9)12(13,14)15/h5-8,17H,1-4H3. The molecule has 1 rings (SSSR count). The Morgan fingerprint density at radius 1 is 1.28 bits per heavy atom. The molecule has 0 saturated heterocycles. The van der Waals surface area contributed by atoms with Gasteiger partial charge in [0, 0.05) is 23.2 Å². The van der Waals surface area contributed by atoms with Gasteiger partial charge < -0.3 is 0 Å². The van der Waals surface area contributed by atoms with Gasteiger partial charge in [0.25, 0.3) is 0 Å². The van der Waals surface area contributed by atoms with Gasteiger partial charge in [0.05, 0.1) is 5.56 Å². The minimum atomic E-state index is -4.37. The molecular weight excluding hydrogens is 261 g/mol. The van der Waals surface area contributed by atoms with Gasteiger partial charge in [0.1, 0.15) is 0 Å². The van der Waals surface area contributed by atoms with Crippen LogP contribution in [0.25, 0.3) is 0 Å². The molecule has 1 N–H and O–H groups in total. The second kappa shape index (κ2) is 5.48. The Labute approximate surface area is 110 Å². The van der Waals surface area contributed by atoms with Crippen LogP contribution in [0.2, 0.25) is 0 Å². The number of rotatable bonds is 3. The molecule has 1 aromatic heterocycles. The van der Waals surface area contributed by atoms with E-state index in [1.807, 2.05) is 20.8 Å². The monoisotopic (exact) mass is 278 g/mol. The summed E-state index contributed by atoms with van der Waals surface area (Å²) in [6.45, 7) is 7.70. The van der Waals surface area contributed by atoms with E-state index < -0.39 is 17.8 Å². The molecule has 0 aromatic carbocycles. The minimum absolute atomic E-state index is 0.0559. The summed E-state index contributed by atoms with van der Waals surface area (Å²) in [5, 5.41) is 0. The van der Waals surface area contributed by atoms with Gasteiger partial charge in [-0.15, -0.1) is 0 Å². The van der Waals surface area contributed by atoms with Crippen molar-refractivity contribution in [1.82, 2.24) is 9.71 Å². The lowest BCUT2D eigenvalue weighted by Gasteiger charge is -2.23. The third-order valence-electron chi connectivity index (χ3n) is 2.17. The van der Waals surface area contributed by atoms with E-state index in [9.17, 15) is 13.2 Å². The summed E-state index contributed by atoms with van der Waals surface area (Å²) in [6.07, 6.45) is -2.12. The zero-order valence-corrected chi connectivity index (χ0v) is 11.6. The molecule has 6 heteroatoms. The summed E-state index contributed by atoms with van der Waals surface area (Å²) in [5.41, 5.74) is -0.464. The highest BCUT2D eigenvalue weighted by atomic mass is 32.2. The SMILES string of the molecule is CC(NSC(C)(C)C)c1ccncc1C(F)(F)F. The van der Waals surface area contributed by atoms with Gasteiger partial charge >= 0.3 is 6.18 Å². The number of alkyl halides is 3. The summed E-state index contributed by atoms with van der Waals surface area (Å²) in [4.78, 5) is 3.55. The van der Waals surface area contributed by atoms with E-state index in [0.29, 0.717) is 0 Å². The second-order valence-corrected chi connectivity index (χ2v) is 6.68. The predicted octanol–water partition coefficient (Wildman–Crippen LogP) is 4.20. The van der Waals surface area contributed by atoms with Crippen molar-refractivity contribution in [3.8, 4) is 0 Å². The van der Waals surface area contributed by atoms with Crippen LogP contribution in [0, 0.1) is 0 Å². The van der Waals surface area contributed by atoms with Crippen LogP contribution in [0.4, 0.5) is 13.2 Å². The lowest BCUT2D eigenvalue weighted by Crippen LogP contribution is -2.22. The first kappa shape index (κ1) is 15.3. The van der Waals surface area contributed by atoms with Crippen LogP contribution >= 0.6 is 11.9 Å². The number of hydrogen-bond acceptors (Lipinski definition) is 3. The molecule has 0 amide bonds. The van der Waals surface area contributed by atoms with Crippen LogP contribution in [0.15, 0.2) is 18.5 Å².